The first-order valence-corrected chi connectivity index (χ1v) is 2.05. The van der Waals surface area contributed by atoms with E-state index in [1.165, 1.54) is 6.20 Å². The number of aromatic nitrogens is 2. The minimum Gasteiger partial charge on any atom is -0.524 e. The number of H-pyrrole nitrogens is 1. The Kier molecular flexibility index (Phi) is 1.53. The summed E-state index contributed by atoms with van der Waals surface area (Å²) in [5.41, 5.74) is 0. The second kappa shape index (κ2) is 2.37. The van der Waals surface area contributed by atoms with Crippen molar-refractivity contribution in [1.29, 1.82) is 0 Å². The highest BCUT2D eigenvalue weighted by molar-refractivity contribution is 6.17. The van der Waals surface area contributed by atoms with Crippen LogP contribution in [0.15, 0.2) is 12.3 Å². The molecule has 0 bridgehead atoms. The van der Waals surface area contributed by atoms with Crippen molar-refractivity contribution >= 4 is 7.69 Å². The minimum atomic E-state index is 0.424. The Bertz CT molecular complexity index is 141. The Balaban J connectivity index is 2.50. The van der Waals surface area contributed by atoms with Gasteiger partial charge in [0.1, 0.15) is 0 Å². The van der Waals surface area contributed by atoms with Crippen molar-refractivity contribution in [2.45, 2.75) is 0 Å². The Morgan fingerprint density at radius 3 is 3.25 bits per heavy atom. The predicted octanol–water partition coefficient (Wildman–Crippen LogP) is -0.685. The van der Waals surface area contributed by atoms with Gasteiger partial charge in [0.2, 0.25) is 0 Å². The summed E-state index contributed by atoms with van der Waals surface area (Å²) in [4.78, 5) is 0. The largest absolute Gasteiger partial charge is 0.570 e. The molecule has 1 aromatic rings. The lowest BCUT2D eigenvalue weighted by atomic mass is 10.4. The summed E-state index contributed by atoms with van der Waals surface area (Å²) < 4.78 is 4.46. The Hall–Kier alpha value is -0.965. The number of rotatable bonds is 2. The van der Waals surface area contributed by atoms with Crippen LogP contribution in [-0.2, 0) is 0 Å². The normalized spacial score (nSPS) is 8.62. The molecule has 41 valence electrons. The maximum Gasteiger partial charge on any atom is 0.570 e. The maximum atomic E-state index is 8.04. The molecule has 1 radical (unpaired) electrons. The van der Waals surface area contributed by atoms with Crippen LogP contribution in [0.3, 0.4) is 0 Å². The van der Waals surface area contributed by atoms with Gasteiger partial charge in [-0.15, -0.1) is 0 Å². The van der Waals surface area contributed by atoms with E-state index in [-0.39, 0.29) is 0 Å². The van der Waals surface area contributed by atoms with Gasteiger partial charge in [-0.25, -0.2) is 5.10 Å². The molecule has 2 N–H and O–H groups in total. The average molecular weight is 111 g/mol. The fraction of sp³-hybridized carbons (Fsp3) is 0. The predicted molar refractivity (Wildman–Crippen MR) is 27.2 cm³/mol. The smallest absolute Gasteiger partial charge is 0.524 e. The Labute approximate surface area is 46.8 Å². The van der Waals surface area contributed by atoms with Crippen LogP contribution in [0.4, 0.5) is 0 Å². The molecule has 0 amide bonds. The standard InChI is InChI=1S/C3H4BN2O2/c7-4-8-3-1-2-5-6-3/h1-2,7H,(H,5,6). The van der Waals surface area contributed by atoms with E-state index in [1.54, 1.807) is 6.07 Å². The molecular formula is C3H4BN2O2. The van der Waals surface area contributed by atoms with Crippen LogP contribution >= 0.6 is 0 Å². The van der Waals surface area contributed by atoms with Gasteiger partial charge in [0.05, 0.1) is 6.20 Å². The van der Waals surface area contributed by atoms with Crippen LogP contribution in [0.2, 0.25) is 0 Å². The number of nitrogens with one attached hydrogen (secondary N) is 1. The molecule has 0 aliphatic heterocycles. The third-order valence-electron chi connectivity index (χ3n) is 0.655. The highest BCUT2D eigenvalue weighted by Crippen LogP contribution is 1.98. The van der Waals surface area contributed by atoms with Crippen LogP contribution in [0, 0.1) is 0 Å². The van der Waals surface area contributed by atoms with Crippen LogP contribution < -0.4 is 4.65 Å². The zero-order valence-corrected chi connectivity index (χ0v) is 4.03. The Morgan fingerprint density at radius 1 is 1.88 bits per heavy atom. The number of hydrogen-bond acceptors (Lipinski definition) is 3. The molecule has 0 aliphatic carbocycles. The van der Waals surface area contributed by atoms with Gasteiger partial charge in [0, 0.05) is 6.07 Å². The maximum absolute atomic E-state index is 8.04. The monoisotopic (exact) mass is 111 g/mol. The molecule has 5 heteroatoms. The van der Waals surface area contributed by atoms with Crippen LogP contribution in [-0.4, -0.2) is 22.9 Å². The fourth-order valence-corrected chi connectivity index (χ4v) is 0.366. The van der Waals surface area contributed by atoms with E-state index in [9.17, 15) is 0 Å². The quantitative estimate of drug-likeness (QED) is 0.496. The van der Waals surface area contributed by atoms with Crippen molar-refractivity contribution in [2.75, 3.05) is 0 Å². The molecule has 0 aliphatic rings. The van der Waals surface area contributed by atoms with E-state index in [0.717, 1.165) is 0 Å². The molecule has 0 unspecified atom stereocenters. The second-order valence-electron chi connectivity index (χ2n) is 1.14. The highest BCUT2D eigenvalue weighted by Gasteiger charge is 1.90. The van der Waals surface area contributed by atoms with Crippen LogP contribution in [0.1, 0.15) is 0 Å². The molecule has 0 atom stereocenters. The first kappa shape index (κ1) is 5.18. The summed E-state index contributed by atoms with van der Waals surface area (Å²) in [6.07, 6.45) is 1.53. The van der Waals surface area contributed by atoms with Gasteiger partial charge in [-0.3, -0.25) is 0 Å². The van der Waals surface area contributed by atoms with Crippen molar-refractivity contribution in [3.63, 3.8) is 0 Å². The van der Waals surface area contributed by atoms with Crippen molar-refractivity contribution in [3.05, 3.63) is 12.3 Å². The summed E-state index contributed by atoms with van der Waals surface area (Å²) in [6.45, 7) is 0. The van der Waals surface area contributed by atoms with Crippen molar-refractivity contribution in [1.82, 2.24) is 10.2 Å². The molecule has 0 aromatic carbocycles. The first-order chi connectivity index (χ1) is 3.93. The average Bonchev–Trinajstić information content (AvgIpc) is 2.19. The molecule has 0 saturated carbocycles. The molecule has 1 rings (SSSR count). The third kappa shape index (κ3) is 1.00. The third-order valence-corrected chi connectivity index (χ3v) is 0.655. The number of hydrogen-bond donors (Lipinski definition) is 2. The van der Waals surface area contributed by atoms with E-state index in [2.05, 4.69) is 14.9 Å². The van der Waals surface area contributed by atoms with E-state index in [4.69, 9.17) is 5.02 Å². The van der Waals surface area contributed by atoms with E-state index in [0.29, 0.717) is 13.6 Å². The zero-order chi connectivity index (χ0) is 5.82. The molecule has 8 heavy (non-hydrogen) atoms. The molecular weight excluding hydrogens is 107 g/mol. The number of nitrogens with zero attached hydrogens (tertiary/aromatic N) is 1. The van der Waals surface area contributed by atoms with Crippen molar-refractivity contribution < 1.29 is 9.68 Å². The van der Waals surface area contributed by atoms with E-state index < -0.39 is 0 Å². The minimum absolute atomic E-state index is 0.424. The first-order valence-electron chi connectivity index (χ1n) is 2.05. The van der Waals surface area contributed by atoms with Gasteiger partial charge in [-0.2, -0.15) is 5.10 Å². The van der Waals surface area contributed by atoms with Crippen molar-refractivity contribution in [2.24, 2.45) is 0 Å². The lowest BCUT2D eigenvalue weighted by molar-refractivity contribution is 0.442. The van der Waals surface area contributed by atoms with Gasteiger partial charge < -0.3 is 9.68 Å². The second-order valence-corrected chi connectivity index (χ2v) is 1.14. The van der Waals surface area contributed by atoms with Gasteiger partial charge in [-0.05, 0) is 0 Å². The van der Waals surface area contributed by atoms with Crippen LogP contribution in [0.5, 0.6) is 5.88 Å². The zero-order valence-electron chi connectivity index (χ0n) is 4.03. The summed E-state index contributed by atoms with van der Waals surface area (Å²) in [5.74, 6) is 0.424. The van der Waals surface area contributed by atoms with Crippen molar-refractivity contribution in [3.8, 4) is 5.88 Å². The topological polar surface area (TPSA) is 58.1 Å². The van der Waals surface area contributed by atoms with Gasteiger partial charge in [0.25, 0.3) is 0 Å². The summed E-state index contributed by atoms with van der Waals surface area (Å²) in [6, 6.07) is 1.59. The highest BCUT2D eigenvalue weighted by atomic mass is 16.5. The summed E-state index contributed by atoms with van der Waals surface area (Å²) >= 11 is 0. The lowest BCUT2D eigenvalue weighted by Gasteiger charge is -1.90. The van der Waals surface area contributed by atoms with E-state index in [1.807, 2.05) is 0 Å². The molecule has 1 heterocycles. The fourth-order valence-electron chi connectivity index (χ4n) is 0.366. The van der Waals surface area contributed by atoms with E-state index >= 15 is 0 Å². The molecule has 0 saturated heterocycles. The molecule has 1 aromatic heterocycles. The van der Waals surface area contributed by atoms with Gasteiger partial charge >= 0.3 is 7.69 Å². The molecule has 0 fully saturated rings. The van der Waals surface area contributed by atoms with Crippen LogP contribution in [0.25, 0.3) is 0 Å². The number of aromatic amines is 1. The van der Waals surface area contributed by atoms with Gasteiger partial charge in [0.15, 0.2) is 5.88 Å². The summed E-state index contributed by atoms with van der Waals surface area (Å²) in [5, 5.41) is 14.1. The Morgan fingerprint density at radius 2 is 2.75 bits per heavy atom. The molecule has 0 spiro atoms. The summed E-state index contributed by atoms with van der Waals surface area (Å²) in [7, 11) is 0.591. The van der Waals surface area contributed by atoms with Gasteiger partial charge in [-0.1, -0.05) is 0 Å². The lowest BCUT2D eigenvalue weighted by Crippen LogP contribution is -1.99. The SMILES string of the molecule is O[B]Oc1ccn[nH]1. The molecule has 4 nitrogen and oxygen atoms in total.